The fourth-order valence-corrected chi connectivity index (χ4v) is 2.80. The van der Waals surface area contributed by atoms with Crippen molar-refractivity contribution in [3.8, 4) is 0 Å². The molecule has 1 aromatic carbocycles. The van der Waals surface area contributed by atoms with Gasteiger partial charge in [0, 0.05) is 6.54 Å². The van der Waals surface area contributed by atoms with Gasteiger partial charge in [-0.25, -0.2) is 0 Å². The summed E-state index contributed by atoms with van der Waals surface area (Å²) in [6.07, 6.45) is 7.19. The zero-order chi connectivity index (χ0) is 12.1. The molecule has 0 heterocycles. The van der Waals surface area contributed by atoms with E-state index in [1.165, 1.54) is 25.7 Å². The van der Waals surface area contributed by atoms with E-state index in [0.717, 1.165) is 24.0 Å². The van der Waals surface area contributed by atoms with Crippen LogP contribution in [0.1, 0.15) is 55.8 Å². The largest absolute Gasteiger partial charge is 0.388 e. The maximum absolute atomic E-state index is 10.4. The Morgan fingerprint density at radius 2 is 1.88 bits per heavy atom. The van der Waals surface area contributed by atoms with Gasteiger partial charge in [-0.05, 0) is 29.9 Å². The van der Waals surface area contributed by atoms with Gasteiger partial charge in [0.05, 0.1) is 6.10 Å². The molecule has 0 aliphatic heterocycles. The third kappa shape index (κ3) is 3.30. The third-order valence-electron chi connectivity index (χ3n) is 3.87. The van der Waals surface area contributed by atoms with Crippen molar-refractivity contribution in [2.24, 2.45) is 11.7 Å². The molecule has 1 saturated carbocycles. The molecule has 17 heavy (non-hydrogen) atoms. The Balaban J connectivity index is 2.08. The summed E-state index contributed by atoms with van der Waals surface area (Å²) in [7, 11) is 0. The molecule has 2 nitrogen and oxygen atoms in total. The average Bonchev–Trinajstić information content (AvgIpc) is 2.67. The number of aliphatic hydroxyl groups excluding tert-OH is 1. The van der Waals surface area contributed by atoms with E-state index < -0.39 is 0 Å². The van der Waals surface area contributed by atoms with Crippen molar-refractivity contribution in [1.29, 1.82) is 0 Å². The van der Waals surface area contributed by atoms with Crippen LogP contribution in [0.5, 0.6) is 0 Å². The van der Waals surface area contributed by atoms with Crippen LogP contribution in [-0.4, -0.2) is 5.11 Å². The van der Waals surface area contributed by atoms with Gasteiger partial charge in [-0.3, -0.25) is 0 Å². The topological polar surface area (TPSA) is 46.2 Å². The Kier molecular flexibility index (Phi) is 4.57. The van der Waals surface area contributed by atoms with Crippen LogP contribution in [0.4, 0.5) is 0 Å². The summed E-state index contributed by atoms with van der Waals surface area (Å²) in [5.74, 6) is 0.436. The first-order valence-electron chi connectivity index (χ1n) is 6.78. The fourth-order valence-electron chi connectivity index (χ4n) is 2.80. The van der Waals surface area contributed by atoms with E-state index in [9.17, 15) is 5.11 Å². The molecule has 3 N–H and O–H groups in total. The quantitative estimate of drug-likeness (QED) is 0.788. The number of hydrogen-bond donors (Lipinski definition) is 2. The highest BCUT2D eigenvalue weighted by atomic mass is 16.3. The minimum absolute atomic E-state index is 0.306. The third-order valence-corrected chi connectivity index (χ3v) is 3.87. The predicted molar refractivity (Wildman–Crippen MR) is 70.5 cm³/mol. The van der Waals surface area contributed by atoms with E-state index in [1.807, 2.05) is 18.2 Å². The summed E-state index contributed by atoms with van der Waals surface area (Å²) in [6, 6.07) is 8.09. The van der Waals surface area contributed by atoms with Crippen LogP contribution in [0, 0.1) is 5.92 Å². The minimum atomic E-state index is -0.306. The molecule has 2 heteroatoms. The molecular formula is C15H23NO. The summed E-state index contributed by atoms with van der Waals surface area (Å²) in [4.78, 5) is 0. The Morgan fingerprint density at radius 3 is 2.53 bits per heavy atom. The maximum atomic E-state index is 10.4. The summed E-state index contributed by atoms with van der Waals surface area (Å²) >= 11 is 0. The van der Waals surface area contributed by atoms with E-state index in [2.05, 4.69) is 6.07 Å². The maximum Gasteiger partial charge on any atom is 0.0818 e. The van der Waals surface area contributed by atoms with Crippen LogP contribution >= 0.6 is 0 Å². The van der Waals surface area contributed by atoms with Crippen LogP contribution in [0.3, 0.4) is 0 Å². The Morgan fingerprint density at radius 1 is 1.18 bits per heavy atom. The smallest absolute Gasteiger partial charge is 0.0818 e. The molecule has 1 atom stereocenters. The van der Waals surface area contributed by atoms with Crippen molar-refractivity contribution in [3.05, 3.63) is 35.4 Å². The first-order valence-corrected chi connectivity index (χ1v) is 6.78. The van der Waals surface area contributed by atoms with Gasteiger partial charge in [0.25, 0.3) is 0 Å². The highest BCUT2D eigenvalue weighted by Crippen LogP contribution is 2.33. The van der Waals surface area contributed by atoms with Crippen LogP contribution in [0.2, 0.25) is 0 Å². The fraction of sp³-hybridized carbons (Fsp3) is 0.600. The van der Waals surface area contributed by atoms with Crippen LogP contribution < -0.4 is 5.73 Å². The Hall–Kier alpha value is -0.860. The zero-order valence-corrected chi connectivity index (χ0v) is 10.4. The normalized spacial score (nSPS) is 19.9. The molecule has 1 aromatic rings. The SMILES string of the molecule is NCc1cccc(C(O)C2CCCCCC2)c1. The van der Waals surface area contributed by atoms with Crippen LogP contribution in [0.15, 0.2) is 24.3 Å². The second kappa shape index (κ2) is 6.18. The molecule has 1 unspecified atom stereocenters. The van der Waals surface area contributed by atoms with E-state index in [1.54, 1.807) is 0 Å². The van der Waals surface area contributed by atoms with E-state index in [0.29, 0.717) is 12.5 Å². The number of rotatable bonds is 3. The molecule has 0 amide bonds. The monoisotopic (exact) mass is 233 g/mol. The second-order valence-electron chi connectivity index (χ2n) is 5.15. The van der Waals surface area contributed by atoms with Gasteiger partial charge < -0.3 is 10.8 Å². The average molecular weight is 233 g/mol. The van der Waals surface area contributed by atoms with Gasteiger partial charge in [-0.2, -0.15) is 0 Å². The summed E-state index contributed by atoms with van der Waals surface area (Å²) in [6.45, 7) is 0.547. The van der Waals surface area contributed by atoms with Crippen molar-refractivity contribution in [2.75, 3.05) is 0 Å². The molecule has 0 spiro atoms. The second-order valence-corrected chi connectivity index (χ2v) is 5.15. The van der Waals surface area contributed by atoms with Gasteiger partial charge in [0.1, 0.15) is 0 Å². The van der Waals surface area contributed by atoms with Gasteiger partial charge in [-0.15, -0.1) is 0 Å². The summed E-state index contributed by atoms with van der Waals surface area (Å²) in [5.41, 5.74) is 7.79. The molecule has 1 aliphatic rings. The van der Waals surface area contributed by atoms with Gasteiger partial charge >= 0.3 is 0 Å². The Bertz CT molecular complexity index is 343. The lowest BCUT2D eigenvalue weighted by molar-refractivity contribution is 0.0987. The van der Waals surface area contributed by atoms with E-state index in [4.69, 9.17) is 5.73 Å². The standard InChI is InChI=1S/C15H23NO/c16-11-12-6-5-9-14(10-12)15(17)13-7-3-1-2-4-8-13/h5-6,9-10,13,15,17H,1-4,7-8,11,16H2. The number of aliphatic hydroxyl groups is 1. The molecule has 2 rings (SSSR count). The molecule has 0 aromatic heterocycles. The summed E-state index contributed by atoms with van der Waals surface area (Å²) in [5, 5.41) is 10.4. The first kappa shape index (κ1) is 12.6. The molecule has 0 saturated heterocycles. The molecule has 94 valence electrons. The lowest BCUT2D eigenvalue weighted by atomic mass is 9.89. The lowest BCUT2D eigenvalue weighted by Crippen LogP contribution is -2.12. The van der Waals surface area contributed by atoms with Crippen molar-refractivity contribution < 1.29 is 5.11 Å². The number of benzene rings is 1. The highest BCUT2D eigenvalue weighted by Gasteiger charge is 2.22. The number of hydrogen-bond acceptors (Lipinski definition) is 2. The molecule has 1 fully saturated rings. The summed E-state index contributed by atoms with van der Waals surface area (Å²) < 4.78 is 0. The van der Waals surface area contributed by atoms with Gasteiger partial charge in [0.15, 0.2) is 0 Å². The first-order chi connectivity index (χ1) is 8.31. The Labute approximate surface area is 104 Å². The van der Waals surface area contributed by atoms with E-state index >= 15 is 0 Å². The predicted octanol–water partition coefficient (Wildman–Crippen LogP) is 3.15. The molecule has 0 radical (unpaired) electrons. The van der Waals surface area contributed by atoms with Crippen LogP contribution in [0.25, 0.3) is 0 Å². The highest BCUT2D eigenvalue weighted by molar-refractivity contribution is 5.25. The van der Waals surface area contributed by atoms with Gasteiger partial charge in [0.2, 0.25) is 0 Å². The number of nitrogens with two attached hydrogens (primary N) is 1. The lowest BCUT2D eigenvalue weighted by Gasteiger charge is -2.22. The van der Waals surface area contributed by atoms with Crippen molar-refractivity contribution in [1.82, 2.24) is 0 Å². The van der Waals surface area contributed by atoms with Crippen molar-refractivity contribution in [2.45, 2.75) is 51.2 Å². The zero-order valence-electron chi connectivity index (χ0n) is 10.4. The van der Waals surface area contributed by atoms with Crippen molar-refractivity contribution >= 4 is 0 Å². The van der Waals surface area contributed by atoms with Gasteiger partial charge in [-0.1, -0.05) is 49.9 Å². The molecule has 0 bridgehead atoms. The molecule has 1 aliphatic carbocycles. The van der Waals surface area contributed by atoms with Crippen LogP contribution in [-0.2, 0) is 6.54 Å². The van der Waals surface area contributed by atoms with Crippen molar-refractivity contribution in [3.63, 3.8) is 0 Å². The molecular weight excluding hydrogens is 210 g/mol. The van der Waals surface area contributed by atoms with E-state index in [-0.39, 0.29) is 6.10 Å². The minimum Gasteiger partial charge on any atom is -0.388 e.